The van der Waals surface area contributed by atoms with E-state index in [9.17, 15) is 9.59 Å². The zero-order valence-corrected chi connectivity index (χ0v) is 14.9. The third kappa shape index (κ3) is 2.79. The van der Waals surface area contributed by atoms with Gasteiger partial charge in [0.15, 0.2) is 5.69 Å². The van der Waals surface area contributed by atoms with E-state index in [-0.39, 0.29) is 17.4 Å². The van der Waals surface area contributed by atoms with Crippen molar-refractivity contribution in [2.45, 2.75) is 33.4 Å². The number of hydrogen-bond acceptors (Lipinski definition) is 4. The van der Waals surface area contributed by atoms with Crippen LogP contribution in [-0.4, -0.2) is 37.3 Å². The van der Waals surface area contributed by atoms with Gasteiger partial charge in [0.2, 0.25) is 0 Å². The minimum absolute atomic E-state index is 0.148. The van der Waals surface area contributed by atoms with E-state index in [0.717, 1.165) is 17.7 Å². The van der Waals surface area contributed by atoms with E-state index in [4.69, 9.17) is 0 Å². The van der Waals surface area contributed by atoms with Crippen molar-refractivity contribution in [3.8, 4) is 0 Å². The Kier molecular flexibility index (Phi) is 4.06. The number of carbonyl (C=O) groups is 1. The molecule has 4 rings (SSSR count). The van der Waals surface area contributed by atoms with Crippen LogP contribution in [0.5, 0.6) is 0 Å². The topological polar surface area (TPSA) is 83.9 Å². The molecular formula is C19H21N5O2. The molecule has 0 unspecified atom stereocenters. The fourth-order valence-electron chi connectivity index (χ4n) is 3.41. The summed E-state index contributed by atoms with van der Waals surface area (Å²) in [7, 11) is 0. The number of hydrogen-bond donors (Lipinski definition) is 1. The third-order valence-corrected chi connectivity index (χ3v) is 4.70. The molecule has 0 aliphatic carbocycles. The van der Waals surface area contributed by atoms with E-state index in [1.54, 1.807) is 23.2 Å². The number of amides is 1. The summed E-state index contributed by atoms with van der Waals surface area (Å²) in [5, 5.41) is 12.6. The number of H-pyrrole nitrogens is 1. The van der Waals surface area contributed by atoms with Crippen molar-refractivity contribution in [2.75, 3.05) is 6.54 Å². The van der Waals surface area contributed by atoms with Gasteiger partial charge in [-0.1, -0.05) is 32.0 Å². The molecule has 2 aromatic heterocycles. The van der Waals surface area contributed by atoms with Crippen LogP contribution in [0.3, 0.4) is 0 Å². The summed E-state index contributed by atoms with van der Waals surface area (Å²) < 4.78 is 1.42. The molecule has 3 heterocycles. The standard InChI is InChI=1S/C19H21N5O2/c1-12(2)10-24-18(25)15-6-4-3-5-14(15)17(22-24)19(26)23-8-7-16-13(11-23)9-20-21-16/h3-6,9,12H,7-8,10-11H2,1-2H3,(H,20,21). The number of nitrogens with zero attached hydrogens (tertiary/aromatic N) is 4. The summed E-state index contributed by atoms with van der Waals surface area (Å²) in [5.41, 5.74) is 2.30. The van der Waals surface area contributed by atoms with E-state index in [0.29, 0.717) is 36.1 Å². The average Bonchev–Trinajstić information content (AvgIpc) is 3.11. The van der Waals surface area contributed by atoms with E-state index >= 15 is 0 Å². The number of carbonyl (C=O) groups excluding carboxylic acids is 1. The normalized spacial score (nSPS) is 14.0. The molecule has 1 N–H and O–H groups in total. The van der Waals surface area contributed by atoms with Crippen LogP contribution >= 0.6 is 0 Å². The zero-order chi connectivity index (χ0) is 18.3. The molecule has 1 aliphatic heterocycles. The lowest BCUT2D eigenvalue weighted by molar-refractivity contribution is 0.0727. The Balaban J connectivity index is 1.79. The van der Waals surface area contributed by atoms with Gasteiger partial charge in [-0.15, -0.1) is 0 Å². The predicted octanol–water partition coefficient (Wildman–Crippen LogP) is 1.97. The largest absolute Gasteiger partial charge is 0.332 e. The molecule has 3 aromatic rings. The molecule has 0 atom stereocenters. The van der Waals surface area contributed by atoms with Crippen LogP contribution in [0.2, 0.25) is 0 Å². The van der Waals surface area contributed by atoms with E-state index in [1.807, 2.05) is 26.0 Å². The number of aromatic amines is 1. The summed E-state index contributed by atoms with van der Waals surface area (Å²) in [5.74, 6) is 0.110. The van der Waals surface area contributed by atoms with E-state index in [1.165, 1.54) is 4.68 Å². The Morgan fingerprint density at radius 1 is 1.27 bits per heavy atom. The molecule has 0 saturated carbocycles. The van der Waals surface area contributed by atoms with Crippen LogP contribution in [0.4, 0.5) is 0 Å². The molecule has 0 radical (unpaired) electrons. The van der Waals surface area contributed by atoms with Gasteiger partial charge >= 0.3 is 0 Å². The quantitative estimate of drug-likeness (QED) is 0.782. The first-order chi connectivity index (χ1) is 12.5. The molecule has 134 valence electrons. The van der Waals surface area contributed by atoms with Gasteiger partial charge < -0.3 is 4.90 Å². The highest BCUT2D eigenvalue weighted by Crippen LogP contribution is 2.21. The maximum atomic E-state index is 13.2. The monoisotopic (exact) mass is 351 g/mol. The van der Waals surface area contributed by atoms with Crippen molar-refractivity contribution in [3.05, 3.63) is 57.8 Å². The van der Waals surface area contributed by atoms with Crippen LogP contribution in [0.1, 0.15) is 35.6 Å². The summed E-state index contributed by atoms with van der Waals surface area (Å²) in [6.45, 7) is 5.64. The molecule has 7 nitrogen and oxygen atoms in total. The molecule has 0 saturated heterocycles. The molecule has 0 fully saturated rings. The van der Waals surface area contributed by atoms with Gasteiger partial charge in [-0.2, -0.15) is 10.2 Å². The third-order valence-electron chi connectivity index (χ3n) is 4.70. The highest BCUT2D eigenvalue weighted by atomic mass is 16.2. The molecule has 0 bridgehead atoms. The van der Waals surface area contributed by atoms with Crippen molar-refractivity contribution in [1.82, 2.24) is 24.9 Å². The number of nitrogens with one attached hydrogen (secondary N) is 1. The Morgan fingerprint density at radius 2 is 2.04 bits per heavy atom. The van der Waals surface area contributed by atoms with Gasteiger partial charge in [-0.3, -0.25) is 14.7 Å². The van der Waals surface area contributed by atoms with Gasteiger partial charge in [0, 0.05) is 42.7 Å². The van der Waals surface area contributed by atoms with Crippen molar-refractivity contribution in [3.63, 3.8) is 0 Å². The maximum Gasteiger partial charge on any atom is 0.275 e. The average molecular weight is 351 g/mol. The molecule has 1 aromatic carbocycles. The van der Waals surface area contributed by atoms with Gasteiger partial charge in [0.25, 0.3) is 11.5 Å². The number of benzene rings is 1. The minimum Gasteiger partial charge on any atom is -0.332 e. The lowest BCUT2D eigenvalue weighted by Gasteiger charge is -2.26. The lowest BCUT2D eigenvalue weighted by Crippen LogP contribution is -2.38. The number of rotatable bonds is 3. The second-order valence-electron chi connectivity index (χ2n) is 7.13. The van der Waals surface area contributed by atoms with Gasteiger partial charge in [0.1, 0.15) is 0 Å². The first-order valence-electron chi connectivity index (χ1n) is 8.85. The fraction of sp³-hybridized carbons (Fsp3) is 0.368. The van der Waals surface area contributed by atoms with Crippen LogP contribution in [-0.2, 0) is 19.5 Å². The van der Waals surface area contributed by atoms with Crippen molar-refractivity contribution >= 4 is 16.7 Å². The van der Waals surface area contributed by atoms with Crippen molar-refractivity contribution in [1.29, 1.82) is 0 Å². The highest BCUT2D eigenvalue weighted by molar-refractivity contribution is 6.04. The van der Waals surface area contributed by atoms with Crippen LogP contribution < -0.4 is 5.56 Å². The Labute approximate surface area is 150 Å². The summed E-state index contributed by atoms with van der Waals surface area (Å²) in [6.07, 6.45) is 2.50. The molecule has 7 heteroatoms. The molecule has 1 aliphatic rings. The lowest BCUT2D eigenvalue weighted by atomic mass is 10.1. The molecular weight excluding hydrogens is 330 g/mol. The van der Waals surface area contributed by atoms with Crippen molar-refractivity contribution < 1.29 is 4.79 Å². The van der Waals surface area contributed by atoms with Gasteiger partial charge in [0.05, 0.1) is 11.6 Å². The number of aromatic nitrogens is 4. The Hall–Kier alpha value is -2.96. The van der Waals surface area contributed by atoms with Gasteiger partial charge in [-0.25, -0.2) is 4.68 Å². The highest BCUT2D eigenvalue weighted by Gasteiger charge is 2.26. The summed E-state index contributed by atoms with van der Waals surface area (Å²) in [6, 6.07) is 7.20. The number of fused-ring (bicyclic) bond motifs is 2. The minimum atomic E-state index is -0.151. The second kappa shape index (κ2) is 6.40. The summed E-state index contributed by atoms with van der Waals surface area (Å²) in [4.78, 5) is 27.7. The Bertz CT molecular complexity index is 1030. The van der Waals surface area contributed by atoms with Gasteiger partial charge in [-0.05, 0) is 12.0 Å². The predicted molar refractivity (Wildman–Crippen MR) is 97.9 cm³/mol. The second-order valence-corrected chi connectivity index (χ2v) is 7.13. The maximum absolute atomic E-state index is 13.2. The van der Waals surface area contributed by atoms with Crippen LogP contribution in [0.25, 0.3) is 10.8 Å². The van der Waals surface area contributed by atoms with Crippen LogP contribution in [0.15, 0.2) is 35.3 Å². The molecule has 26 heavy (non-hydrogen) atoms. The first kappa shape index (κ1) is 16.5. The molecule has 1 amide bonds. The first-order valence-corrected chi connectivity index (χ1v) is 8.85. The Morgan fingerprint density at radius 3 is 2.81 bits per heavy atom. The van der Waals surface area contributed by atoms with E-state index < -0.39 is 0 Å². The summed E-state index contributed by atoms with van der Waals surface area (Å²) >= 11 is 0. The van der Waals surface area contributed by atoms with Crippen LogP contribution in [0, 0.1) is 5.92 Å². The van der Waals surface area contributed by atoms with Crippen molar-refractivity contribution in [2.24, 2.45) is 5.92 Å². The molecule has 0 spiro atoms. The fourth-order valence-corrected chi connectivity index (χ4v) is 3.41. The SMILES string of the molecule is CC(C)Cn1nc(C(=O)N2CCc3[nH]ncc3C2)c2ccccc2c1=O. The van der Waals surface area contributed by atoms with E-state index in [2.05, 4.69) is 15.3 Å². The zero-order valence-electron chi connectivity index (χ0n) is 14.9. The smallest absolute Gasteiger partial charge is 0.275 e.